The van der Waals surface area contributed by atoms with Crippen LogP contribution in [-0.2, 0) is 11.2 Å². The molecule has 2 aromatic carbocycles. The number of hydrogen-bond donors (Lipinski definition) is 2. The van der Waals surface area contributed by atoms with Crippen molar-refractivity contribution in [3.8, 4) is 11.4 Å². The summed E-state index contributed by atoms with van der Waals surface area (Å²) in [5.74, 6) is 1.15. The summed E-state index contributed by atoms with van der Waals surface area (Å²) in [6.45, 7) is 4.07. The first kappa shape index (κ1) is 19.8. The van der Waals surface area contributed by atoms with Crippen LogP contribution in [0.15, 0.2) is 53.1 Å². The van der Waals surface area contributed by atoms with Crippen LogP contribution in [0.5, 0.6) is 0 Å². The third-order valence-electron chi connectivity index (χ3n) is 4.82. The number of fused-ring (bicyclic) bond motifs is 1. The summed E-state index contributed by atoms with van der Waals surface area (Å²) >= 11 is 0. The highest BCUT2D eigenvalue weighted by Gasteiger charge is 2.22. The van der Waals surface area contributed by atoms with Crippen LogP contribution in [0.2, 0.25) is 0 Å². The van der Waals surface area contributed by atoms with Crippen LogP contribution in [0.4, 0.5) is 4.39 Å². The van der Waals surface area contributed by atoms with Gasteiger partial charge in [0, 0.05) is 18.4 Å². The molecular formula is C22H22FN5O2. The van der Waals surface area contributed by atoms with Crippen molar-refractivity contribution in [3.63, 3.8) is 0 Å². The zero-order chi connectivity index (χ0) is 21.1. The largest absolute Gasteiger partial charge is 0.346 e. The molecule has 0 fully saturated rings. The molecule has 0 aliphatic heterocycles. The Morgan fingerprint density at radius 3 is 2.63 bits per heavy atom. The number of nitrogens with one attached hydrogen (secondary N) is 2. The Balaban J connectivity index is 1.39. The number of halogens is 1. The number of carbonyl (C=O) groups excluding carboxylic acids is 1. The molecule has 4 rings (SSSR count). The zero-order valence-corrected chi connectivity index (χ0v) is 16.7. The molecule has 0 unspecified atom stereocenters. The summed E-state index contributed by atoms with van der Waals surface area (Å²) in [5.41, 5.74) is 2.46. The smallest absolute Gasteiger partial charge is 0.227 e. The molecule has 0 saturated carbocycles. The van der Waals surface area contributed by atoms with Gasteiger partial charge in [-0.15, -0.1) is 0 Å². The molecule has 7 nitrogen and oxygen atoms in total. The van der Waals surface area contributed by atoms with Gasteiger partial charge in [0.2, 0.25) is 17.6 Å². The van der Waals surface area contributed by atoms with Gasteiger partial charge in [-0.3, -0.25) is 4.79 Å². The molecule has 0 spiro atoms. The maximum Gasteiger partial charge on any atom is 0.227 e. The number of hydrogen-bond acceptors (Lipinski definition) is 5. The Kier molecular flexibility index (Phi) is 5.56. The number of benzene rings is 2. The van der Waals surface area contributed by atoms with Gasteiger partial charge in [-0.05, 0) is 42.3 Å². The SMILES string of the molecule is CC(C)[C@H](NC(=O)CCc1nc(-c2ccc(F)cc2)no1)c1nc2ccccc2[nH]1. The molecule has 2 aromatic heterocycles. The molecule has 0 radical (unpaired) electrons. The lowest BCUT2D eigenvalue weighted by molar-refractivity contribution is -0.122. The predicted molar refractivity (Wildman–Crippen MR) is 110 cm³/mol. The minimum Gasteiger partial charge on any atom is -0.346 e. The minimum atomic E-state index is -0.330. The lowest BCUT2D eigenvalue weighted by atomic mass is 10.0. The lowest BCUT2D eigenvalue weighted by Crippen LogP contribution is -2.32. The highest BCUT2D eigenvalue weighted by molar-refractivity contribution is 5.77. The van der Waals surface area contributed by atoms with Crippen molar-refractivity contribution in [2.24, 2.45) is 5.92 Å². The Bertz CT molecular complexity index is 1120. The fourth-order valence-electron chi connectivity index (χ4n) is 3.21. The van der Waals surface area contributed by atoms with E-state index in [9.17, 15) is 9.18 Å². The van der Waals surface area contributed by atoms with E-state index in [4.69, 9.17) is 4.52 Å². The summed E-state index contributed by atoms with van der Waals surface area (Å²) in [6.07, 6.45) is 0.513. The first-order chi connectivity index (χ1) is 14.5. The topological polar surface area (TPSA) is 96.7 Å². The number of H-pyrrole nitrogens is 1. The highest BCUT2D eigenvalue weighted by atomic mass is 19.1. The van der Waals surface area contributed by atoms with Gasteiger partial charge < -0.3 is 14.8 Å². The molecular weight excluding hydrogens is 385 g/mol. The van der Waals surface area contributed by atoms with E-state index in [2.05, 4.69) is 25.4 Å². The average Bonchev–Trinajstić information content (AvgIpc) is 3.37. The summed E-state index contributed by atoms with van der Waals surface area (Å²) < 4.78 is 18.3. The monoisotopic (exact) mass is 407 g/mol. The normalized spacial score (nSPS) is 12.4. The highest BCUT2D eigenvalue weighted by Crippen LogP contribution is 2.22. The number of aromatic amines is 1. The van der Waals surface area contributed by atoms with Crippen LogP contribution in [0, 0.1) is 11.7 Å². The van der Waals surface area contributed by atoms with Gasteiger partial charge in [0.05, 0.1) is 17.1 Å². The molecule has 0 saturated heterocycles. The van der Waals surface area contributed by atoms with Crippen molar-refractivity contribution in [2.45, 2.75) is 32.7 Å². The van der Waals surface area contributed by atoms with Gasteiger partial charge in [0.25, 0.3) is 0 Å². The molecule has 2 heterocycles. The standard InChI is InChI=1S/C22H22FN5O2/c1-13(2)20(22-24-16-5-3-4-6-17(16)25-22)26-18(29)11-12-19-27-21(28-30-19)14-7-9-15(23)10-8-14/h3-10,13,20H,11-12H2,1-2H3,(H,24,25)(H,26,29)/t20-/m0/s1. The number of imidazole rings is 1. The Morgan fingerprint density at radius 1 is 1.13 bits per heavy atom. The van der Waals surface area contributed by atoms with Crippen LogP contribution in [-0.4, -0.2) is 26.0 Å². The van der Waals surface area contributed by atoms with Crippen molar-refractivity contribution >= 4 is 16.9 Å². The number of nitrogens with zero attached hydrogens (tertiary/aromatic N) is 3. The van der Waals surface area contributed by atoms with Gasteiger partial charge in [0.1, 0.15) is 11.6 Å². The molecule has 0 aliphatic rings. The number of amides is 1. The summed E-state index contributed by atoms with van der Waals surface area (Å²) in [4.78, 5) is 24.7. The van der Waals surface area contributed by atoms with Crippen molar-refractivity contribution in [2.75, 3.05) is 0 Å². The number of aromatic nitrogens is 4. The maximum absolute atomic E-state index is 13.0. The van der Waals surface area contributed by atoms with Crippen LogP contribution < -0.4 is 5.32 Å². The molecule has 0 bridgehead atoms. The average molecular weight is 407 g/mol. The second-order valence-electron chi connectivity index (χ2n) is 7.45. The van der Waals surface area contributed by atoms with Crippen LogP contribution >= 0.6 is 0 Å². The fourth-order valence-corrected chi connectivity index (χ4v) is 3.21. The first-order valence-corrected chi connectivity index (χ1v) is 9.82. The summed E-state index contributed by atoms with van der Waals surface area (Å²) in [5, 5.41) is 6.94. The summed E-state index contributed by atoms with van der Waals surface area (Å²) in [6, 6.07) is 13.4. The Morgan fingerprint density at radius 2 is 1.90 bits per heavy atom. The summed E-state index contributed by atoms with van der Waals surface area (Å²) in [7, 11) is 0. The van der Waals surface area contributed by atoms with Gasteiger partial charge in [-0.25, -0.2) is 9.37 Å². The molecule has 0 aliphatic carbocycles. The molecule has 1 atom stereocenters. The number of rotatable bonds is 7. The third-order valence-corrected chi connectivity index (χ3v) is 4.82. The van der Waals surface area contributed by atoms with E-state index in [0.717, 1.165) is 16.9 Å². The third kappa shape index (κ3) is 4.37. The quantitative estimate of drug-likeness (QED) is 0.479. The predicted octanol–water partition coefficient (Wildman–Crippen LogP) is 4.20. The van der Waals surface area contributed by atoms with E-state index < -0.39 is 0 Å². The number of carbonyl (C=O) groups is 1. The van der Waals surface area contributed by atoms with Crippen LogP contribution in [0.3, 0.4) is 0 Å². The second kappa shape index (κ2) is 8.44. The molecule has 154 valence electrons. The van der Waals surface area contributed by atoms with Gasteiger partial charge >= 0.3 is 0 Å². The molecule has 8 heteroatoms. The number of para-hydroxylation sites is 2. The van der Waals surface area contributed by atoms with E-state index in [0.29, 0.717) is 23.7 Å². The number of aryl methyl sites for hydroxylation is 1. The van der Waals surface area contributed by atoms with Crippen LogP contribution in [0.25, 0.3) is 22.4 Å². The molecule has 30 heavy (non-hydrogen) atoms. The lowest BCUT2D eigenvalue weighted by Gasteiger charge is -2.20. The molecule has 2 N–H and O–H groups in total. The van der Waals surface area contributed by atoms with E-state index >= 15 is 0 Å². The Labute approximate surface area is 172 Å². The van der Waals surface area contributed by atoms with E-state index in [1.54, 1.807) is 12.1 Å². The fraction of sp³-hybridized carbons (Fsp3) is 0.273. The van der Waals surface area contributed by atoms with Crippen molar-refractivity contribution < 1.29 is 13.7 Å². The van der Waals surface area contributed by atoms with Crippen molar-refractivity contribution in [1.82, 2.24) is 25.4 Å². The minimum absolute atomic E-state index is 0.129. The van der Waals surface area contributed by atoms with E-state index in [1.807, 2.05) is 38.1 Å². The molecule has 4 aromatic rings. The first-order valence-electron chi connectivity index (χ1n) is 9.82. The van der Waals surface area contributed by atoms with E-state index in [1.165, 1.54) is 12.1 Å². The van der Waals surface area contributed by atoms with Crippen LogP contribution in [0.1, 0.15) is 38.0 Å². The second-order valence-corrected chi connectivity index (χ2v) is 7.45. The van der Waals surface area contributed by atoms with Crippen molar-refractivity contribution in [1.29, 1.82) is 0 Å². The zero-order valence-electron chi connectivity index (χ0n) is 16.7. The maximum atomic E-state index is 13.0. The van der Waals surface area contributed by atoms with Gasteiger partial charge in [-0.2, -0.15) is 4.98 Å². The van der Waals surface area contributed by atoms with Gasteiger partial charge in [-0.1, -0.05) is 31.1 Å². The molecule has 1 amide bonds. The van der Waals surface area contributed by atoms with Gasteiger partial charge in [0.15, 0.2) is 0 Å². The Hall–Kier alpha value is -3.55. The van der Waals surface area contributed by atoms with Crippen molar-refractivity contribution in [3.05, 3.63) is 66.1 Å². The van der Waals surface area contributed by atoms with E-state index in [-0.39, 0.29) is 30.1 Å².